The summed E-state index contributed by atoms with van der Waals surface area (Å²) in [5, 5.41) is 21.5. The van der Waals surface area contributed by atoms with E-state index in [1.165, 1.54) is 0 Å². The first kappa shape index (κ1) is 22.7. The van der Waals surface area contributed by atoms with Crippen LogP contribution in [-0.2, 0) is 0 Å². The van der Waals surface area contributed by atoms with Crippen molar-refractivity contribution in [3.8, 4) is 0 Å². The number of hydrogen-bond acceptors (Lipinski definition) is 3. The SMILES string of the molecule is O.OB(O)O.[H-].[H-].[K+].[Na+]. The molecular weight excluding hydrogens is 137 g/mol. The maximum atomic E-state index is 7.17. The summed E-state index contributed by atoms with van der Waals surface area (Å²) in [7, 11) is -2.17. The summed E-state index contributed by atoms with van der Waals surface area (Å²) in [6.45, 7) is 0. The largest absolute Gasteiger partial charge is 1.00 e. The summed E-state index contributed by atoms with van der Waals surface area (Å²) in [6.07, 6.45) is 0. The van der Waals surface area contributed by atoms with Gasteiger partial charge >= 0.3 is 88.3 Å². The van der Waals surface area contributed by atoms with Gasteiger partial charge in [0.05, 0.1) is 0 Å². The summed E-state index contributed by atoms with van der Waals surface area (Å²) in [5.74, 6) is 0. The van der Waals surface area contributed by atoms with E-state index in [2.05, 4.69) is 0 Å². The molecule has 36 valence electrons. The minimum atomic E-state index is -2.17. The third kappa shape index (κ3) is 56.6. The van der Waals surface area contributed by atoms with Gasteiger partial charge in [-0.05, 0) is 0 Å². The van der Waals surface area contributed by atoms with Gasteiger partial charge in [0.25, 0.3) is 0 Å². The molecule has 0 aromatic carbocycles. The van der Waals surface area contributed by atoms with Crippen molar-refractivity contribution in [2.24, 2.45) is 0 Å². The van der Waals surface area contributed by atoms with E-state index in [0.717, 1.165) is 0 Å². The van der Waals surface area contributed by atoms with Gasteiger partial charge in [-0.2, -0.15) is 0 Å². The van der Waals surface area contributed by atoms with Gasteiger partial charge in [0, 0.05) is 0 Å². The molecule has 4 nitrogen and oxygen atoms in total. The zero-order valence-electron chi connectivity index (χ0n) is 6.42. The van der Waals surface area contributed by atoms with Crippen molar-refractivity contribution in [1.82, 2.24) is 0 Å². The van der Waals surface area contributed by atoms with Gasteiger partial charge in [-0.1, -0.05) is 0 Å². The molecule has 0 unspecified atom stereocenters. The predicted octanol–water partition coefficient (Wildman–Crippen LogP) is -8.64. The van der Waals surface area contributed by atoms with Gasteiger partial charge in [0.15, 0.2) is 0 Å². The van der Waals surface area contributed by atoms with Crippen molar-refractivity contribution in [2.75, 3.05) is 0 Å². The Morgan fingerprint density at radius 2 is 1.14 bits per heavy atom. The molecule has 0 fully saturated rings. The van der Waals surface area contributed by atoms with Crippen LogP contribution in [0.3, 0.4) is 0 Å². The molecule has 0 spiro atoms. The molecule has 0 rings (SSSR count). The fourth-order valence-corrected chi connectivity index (χ4v) is 0. The molecule has 0 saturated heterocycles. The Kier molecular flexibility index (Phi) is 51.2. The van der Waals surface area contributed by atoms with Gasteiger partial charge < -0.3 is 23.4 Å². The first-order chi connectivity index (χ1) is 1.73. The van der Waals surface area contributed by atoms with Crippen LogP contribution in [0.2, 0.25) is 0 Å². The van der Waals surface area contributed by atoms with E-state index in [4.69, 9.17) is 15.1 Å². The van der Waals surface area contributed by atoms with E-state index in [-0.39, 0.29) is 89.3 Å². The normalized spacial score (nSPS) is 3.86. The molecule has 0 amide bonds. The average molecular weight is 144 g/mol. The fourth-order valence-electron chi connectivity index (χ4n) is 0. The van der Waals surface area contributed by atoms with Crippen molar-refractivity contribution in [1.29, 1.82) is 0 Å². The first-order valence-corrected chi connectivity index (χ1v) is 0.775. The zero-order chi connectivity index (χ0) is 3.58. The molecule has 7 heteroatoms. The topological polar surface area (TPSA) is 92.2 Å². The predicted molar refractivity (Wildman–Crippen MR) is 18.2 cm³/mol. The Bertz CT molecular complexity index is 23.3. The van der Waals surface area contributed by atoms with E-state index in [9.17, 15) is 0 Å². The summed E-state index contributed by atoms with van der Waals surface area (Å²) in [5.41, 5.74) is 0. The minimum absolute atomic E-state index is 0. The third-order valence-electron chi connectivity index (χ3n) is 0. The second-order valence-electron chi connectivity index (χ2n) is 0.346. The van der Waals surface area contributed by atoms with Crippen molar-refractivity contribution >= 4 is 7.32 Å². The maximum Gasteiger partial charge on any atom is 1.00 e. The zero-order valence-corrected chi connectivity index (χ0v) is 9.54. The third-order valence-corrected chi connectivity index (χ3v) is 0. The van der Waals surface area contributed by atoms with Gasteiger partial charge in [0.2, 0.25) is 0 Å². The van der Waals surface area contributed by atoms with Crippen LogP contribution in [0.5, 0.6) is 0 Å². The van der Waals surface area contributed by atoms with E-state index in [1.807, 2.05) is 0 Å². The Hall–Kier alpha value is 2.54. The summed E-state index contributed by atoms with van der Waals surface area (Å²) in [6, 6.07) is 0. The minimum Gasteiger partial charge on any atom is -1.00 e. The number of rotatable bonds is 0. The van der Waals surface area contributed by atoms with Gasteiger partial charge in [-0.25, -0.2) is 0 Å². The van der Waals surface area contributed by atoms with Crippen molar-refractivity contribution < 1.29 is 104 Å². The average Bonchev–Trinajstić information content (AvgIpc) is 0.811. The van der Waals surface area contributed by atoms with E-state index < -0.39 is 7.32 Å². The summed E-state index contributed by atoms with van der Waals surface area (Å²) >= 11 is 0. The number of hydrogen-bond donors (Lipinski definition) is 3. The molecular formula is H7BKNaO4. The van der Waals surface area contributed by atoms with Crippen LogP contribution in [0.4, 0.5) is 0 Å². The Morgan fingerprint density at radius 1 is 1.14 bits per heavy atom. The molecule has 0 aromatic rings. The van der Waals surface area contributed by atoms with Crippen molar-refractivity contribution in [3.63, 3.8) is 0 Å². The first-order valence-electron chi connectivity index (χ1n) is 0.775. The fraction of sp³-hybridized carbons (Fsp3) is 0. The second kappa shape index (κ2) is 15.8. The molecule has 0 aliphatic carbocycles. The van der Waals surface area contributed by atoms with E-state index >= 15 is 0 Å². The Morgan fingerprint density at radius 3 is 1.14 bits per heavy atom. The Labute approximate surface area is 109 Å². The van der Waals surface area contributed by atoms with Gasteiger partial charge in [-0.15, -0.1) is 0 Å². The van der Waals surface area contributed by atoms with Crippen LogP contribution in [-0.4, -0.2) is 27.9 Å². The van der Waals surface area contributed by atoms with Gasteiger partial charge in [0.1, 0.15) is 0 Å². The summed E-state index contributed by atoms with van der Waals surface area (Å²) in [4.78, 5) is 0. The second-order valence-corrected chi connectivity index (χ2v) is 0.346. The summed E-state index contributed by atoms with van der Waals surface area (Å²) < 4.78 is 0. The molecule has 0 radical (unpaired) electrons. The smallest absolute Gasteiger partial charge is 1.00 e. The standard InChI is InChI=1S/BH3O3.K.Na.H2O.2H/c2-1(3)4;;;;;/h2-4H;;;1H2;;/q;2*+1;;2*-1. The van der Waals surface area contributed by atoms with Crippen LogP contribution < -0.4 is 80.9 Å². The maximum absolute atomic E-state index is 7.17. The molecule has 0 aromatic heterocycles. The molecule has 0 aliphatic rings. The van der Waals surface area contributed by atoms with Crippen LogP contribution in [0.1, 0.15) is 2.85 Å². The molecule has 0 atom stereocenters. The van der Waals surface area contributed by atoms with Crippen LogP contribution in [0.15, 0.2) is 0 Å². The van der Waals surface area contributed by atoms with Crippen LogP contribution in [0.25, 0.3) is 0 Å². The molecule has 5 N–H and O–H groups in total. The molecule has 0 heterocycles. The van der Waals surface area contributed by atoms with Gasteiger partial charge in [-0.3, -0.25) is 0 Å². The molecule has 0 saturated carbocycles. The quantitative estimate of drug-likeness (QED) is 0.295. The van der Waals surface area contributed by atoms with Crippen molar-refractivity contribution in [2.45, 2.75) is 0 Å². The van der Waals surface area contributed by atoms with E-state index in [0.29, 0.717) is 0 Å². The Balaban J connectivity index is -0.00000000450. The molecule has 7 heavy (non-hydrogen) atoms. The molecule has 0 aliphatic heterocycles. The van der Waals surface area contributed by atoms with Crippen molar-refractivity contribution in [3.05, 3.63) is 0 Å². The van der Waals surface area contributed by atoms with Crippen LogP contribution in [0, 0.1) is 0 Å². The van der Waals surface area contributed by atoms with E-state index in [1.54, 1.807) is 0 Å². The monoisotopic (exact) mass is 144 g/mol. The molecule has 0 bridgehead atoms. The van der Waals surface area contributed by atoms with Crippen LogP contribution >= 0.6 is 0 Å².